The molecule has 2 aromatic heterocycles. The van der Waals surface area contributed by atoms with E-state index in [1.807, 2.05) is 55.5 Å². The number of piperidine rings is 1. The molecule has 4 rings (SSSR count). The third-order valence-electron chi connectivity index (χ3n) is 5.48. The number of Topliss-reactive ketones (excluding diaryl/α,β-unsaturated/α-hetero) is 1. The zero-order valence-electron chi connectivity index (χ0n) is 16.3. The molecule has 28 heavy (non-hydrogen) atoms. The van der Waals surface area contributed by atoms with E-state index < -0.39 is 0 Å². The highest BCUT2D eigenvalue weighted by molar-refractivity contribution is 5.97. The zero-order valence-corrected chi connectivity index (χ0v) is 16.3. The van der Waals surface area contributed by atoms with E-state index in [1.165, 1.54) is 0 Å². The fraction of sp³-hybridized carbons (Fsp3) is 0.304. The summed E-state index contributed by atoms with van der Waals surface area (Å²) in [5.74, 6) is 1.95. The molecular formula is C23H24N4O. The maximum atomic E-state index is 12.8. The van der Waals surface area contributed by atoms with Crippen LogP contribution in [-0.4, -0.2) is 33.8 Å². The molecule has 0 saturated carbocycles. The van der Waals surface area contributed by atoms with Crippen LogP contribution in [0, 0.1) is 19.8 Å². The van der Waals surface area contributed by atoms with Crippen LogP contribution < -0.4 is 4.90 Å². The standard InChI is InChI=1S/C23H24N4O/c1-16-17(2)25-22(20-10-6-7-13-24-20)26-23(16)27-14-11-19(12-15-27)21(28)18-8-4-3-5-9-18/h3-10,13,19H,11-12,14-15H2,1-2H3. The molecule has 0 unspecified atom stereocenters. The molecule has 0 aliphatic carbocycles. The molecule has 142 valence electrons. The van der Waals surface area contributed by atoms with Gasteiger partial charge in [-0.1, -0.05) is 36.4 Å². The molecule has 1 aromatic carbocycles. The Kier molecular flexibility index (Phi) is 5.15. The Hall–Kier alpha value is -3.08. The van der Waals surface area contributed by atoms with E-state index in [0.29, 0.717) is 5.82 Å². The number of ketones is 1. The average molecular weight is 372 g/mol. The van der Waals surface area contributed by atoms with Crippen molar-refractivity contribution in [1.82, 2.24) is 15.0 Å². The van der Waals surface area contributed by atoms with Gasteiger partial charge in [0.05, 0.1) is 0 Å². The Labute approximate surface area is 165 Å². The minimum absolute atomic E-state index is 0.0807. The van der Waals surface area contributed by atoms with Crippen molar-refractivity contribution < 1.29 is 4.79 Å². The van der Waals surface area contributed by atoms with Crippen LogP contribution in [0.2, 0.25) is 0 Å². The molecular weight excluding hydrogens is 348 g/mol. The molecule has 1 aliphatic heterocycles. The molecule has 1 fully saturated rings. The number of aromatic nitrogens is 3. The van der Waals surface area contributed by atoms with Gasteiger partial charge in [-0.2, -0.15) is 0 Å². The van der Waals surface area contributed by atoms with Crippen molar-refractivity contribution in [3.8, 4) is 11.5 Å². The molecule has 5 heteroatoms. The largest absolute Gasteiger partial charge is 0.356 e. The fourth-order valence-electron chi connectivity index (χ4n) is 3.72. The van der Waals surface area contributed by atoms with Gasteiger partial charge in [-0.15, -0.1) is 0 Å². The molecule has 0 spiro atoms. The number of aryl methyl sites for hydroxylation is 1. The van der Waals surface area contributed by atoms with E-state index >= 15 is 0 Å². The van der Waals surface area contributed by atoms with Gasteiger partial charge in [0.2, 0.25) is 0 Å². The van der Waals surface area contributed by atoms with E-state index in [4.69, 9.17) is 4.98 Å². The minimum Gasteiger partial charge on any atom is -0.356 e. The molecule has 1 saturated heterocycles. The second-order valence-corrected chi connectivity index (χ2v) is 7.29. The lowest BCUT2D eigenvalue weighted by Crippen LogP contribution is -2.37. The van der Waals surface area contributed by atoms with Crippen molar-refractivity contribution in [2.45, 2.75) is 26.7 Å². The lowest BCUT2D eigenvalue weighted by atomic mass is 9.89. The van der Waals surface area contributed by atoms with Crippen LogP contribution in [0.4, 0.5) is 5.82 Å². The van der Waals surface area contributed by atoms with Gasteiger partial charge in [-0.25, -0.2) is 9.97 Å². The summed E-state index contributed by atoms with van der Waals surface area (Å²) in [5.41, 5.74) is 3.65. The smallest absolute Gasteiger partial charge is 0.180 e. The van der Waals surface area contributed by atoms with Crippen LogP contribution in [0.25, 0.3) is 11.5 Å². The number of anilines is 1. The van der Waals surface area contributed by atoms with Crippen molar-refractivity contribution in [2.75, 3.05) is 18.0 Å². The Morgan fingerprint density at radius 1 is 0.964 bits per heavy atom. The van der Waals surface area contributed by atoms with Gasteiger partial charge in [0, 0.05) is 42.0 Å². The first-order valence-corrected chi connectivity index (χ1v) is 9.74. The van der Waals surface area contributed by atoms with E-state index in [9.17, 15) is 4.79 Å². The lowest BCUT2D eigenvalue weighted by Gasteiger charge is -2.33. The molecule has 0 bridgehead atoms. The molecule has 0 radical (unpaired) electrons. The van der Waals surface area contributed by atoms with Crippen LogP contribution in [-0.2, 0) is 0 Å². The fourth-order valence-corrected chi connectivity index (χ4v) is 3.72. The molecule has 1 aliphatic rings. The summed E-state index contributed by atoms with van der Waals surface area (Å²) < 4.78 is 0. The number of hydrogen-bond acceptors (Lipinski definition) is 5. The van der Waals surface area contributed by atoms with Crippen LogP contribution in [0.3, 0.4) is 0 Å². The summed E-state index contributed by atoms with van der Waals surface area (Å²) in [4.78, 5) is 28.9. The first-order chi connectivity index (χ1) is 13.6. The average Bonchev–Trinajstić information content (AvgIpc) is 2.76. The zero-order chi connectivity index (χ0) is 19.5. The Morgan fingerprint density at radius 2 is 1.68 bits per heavy atom. The van der Waals surface area contributed by atoms with Gasteiger partial charge >= 0.3 is 0 Å². The molecule has 0 amide bonds. The summed E-state index contributed by atoms with van der Waals surface area (Å²) in [6.07, 6.45) is 3.44. The van der Waals surface area contributed by atoms with Crippen LogP contribution >= 0.6 is 0 Å². The molecule has 3 aromatic rings. The van der Waals surface area contributed by atoms with Crippen molar-refractivity contribution in [3.63, 3.8) is 0 Å². The normalized spacial score (nSPS) is 14.9. The third kappa shape index (κ3) is 3.65. The highest BCUT2D eigenvalue weighted by Crippen LogP contribution is 2.29. The number of hydrogen-bond donors (Lipinski definition) is 0. The third-order valence-corrected chi connectivity index (χ3v) is 5.48. The van der Waals surface area contributed by atoms with Gasteiger partial charge in [0.15, 0.2) is 11.6 Å². The van der Waals surface area contributed by atoms with Crippen LogP contribution in [0.15, 0.2) is 54.7 Å². The summed E-state index contributed by atoms with van der Waals surface area (Å²) >= 11 is 0. The lowest BCUT2D eigenvalue weighted by molar-refractivity contribution is 0.0900. The summed E-state index contributed by atoms with van der Waals surface area (Å²) in [5, 5.41) is 0. The van der Waals surface area contributed by atoms with Crippen molar-refractivity contribution in [3.05, 3.63) is 71.5 Å². The minimum atomic E-state index is 0.0807. The highest BCUT2D eigenvalue weighted by atomic mass is 16.1. The highest BCUT2D eigenvalue weighted by Gasteiger charge is 2.27. The van der Waals surface area contributed by atoms with Gasteiger partial charge < -0.3 is 4.90 Å². The topological polar surface area (TPSA) is 59.0 Å². The number of rotatable bonds is 4. The second-order valence-electron chi connectivity index (χ2n) is 7.29. The number of pyridine rings is 1. The van der Waals surface area contributed by atoms with E-state index in [0.717, 1.165) is 54.3 Å². The molecule has 3 heterocycles. The van der Waals surface area contributed by atoms with Gasteiger partial charge in [0.1, 0.15) is 11.5 Å². The van der Waals surface area contributed by atoms with Crippen molar-refractivity contribution in [2.24, 2.45) is 5.92 Å². The molecule has 0 atom stereocenters. The van der Waals surface area contributed by atoms with Gasteiger partial charge in [-0.3, -0.25) is 9.78 Å². The van der Waals surface area contributed by atoms with Gasteiger partial charge in [0.25, 0.3) is 0 Å². The first-order valence-electron chi connectivity index (χ1n) is 9.74. The Bertz CT molecular complexity index is 965. The predicted molar refractivity (Wildman–Crippen MR) is 110 cm³/mol. The number of benzene rings is 1. The summed E-state index contributed by atoms with van der Waals surface area (Å²) in [7, 11) is 0. The maximum Gasteiger partial charge on any atom is 0.180 e. The Balaban J connectivity index is 1.53. The van der Waals surface area contributed by atoms with Crippen molar-refractivity contribution >= 4 is 11.6 Å². The predicted octanol–water partition coefficient (Wildman–Crippen LogP) is 4.25. The first kappa shape index (κ1) is 18.3. The summed E-state index contributed by atoms with van der Waals surface area (Å²) in [6, 6.07) is 15.4. The monoisotopic (exact) mass is 372 g/mol. The summed E-state index contributed by atoms with van der Waals surface area (Å²) in [6.45, 7) is 5.72. The Morgan fingerprint density at radius 3 is 2.36 bits per heavy atom. The second kappa shape index (κ2) is 7.89. The quantitative estimate of drug-likeness (QED) is 0.641. The van der Waals surface area contributed by atoms with E-state index in [2.05, 4.69) is 21.8 Å². The number of carbonyl (C=O) groups excluding carboxylic acids is 1. The maximum absolute atomic E-state index is 12.8. The van der Waals surface area contributed by atoms with E-state index in [-0.39, 0.29) is 11.7 Å². The number of nitrogens with zero attached hydrogens (tertiary/aromatic N) is 4. The van der Waals surface area contributed by atoms with Crippen LogP contribution in [0.5, 0.6) is 0 Å². The number of carbonyl (C=O) groups is 1. The molecule has 0 N–H and O–H groups in total. The molecule has 5 nitrogen and oxygen atoms in total. The SMILES string of the molecule is Cc1nc(-c2ccccn2)nc(N2CCC(C(=O)c3ccccc3)CC2)c1C. The van der Waals surface area contributed by atoms with E-state index in [1.54, 1.807) is 6.20 Å². The van der Waals surface area contributed by atoms with Crippen LogP contribution in [0.1, 0.15) is 34.5 Å². The van der Waals surface area contributed by atoms with Gasteiger partial charge in [-0.05, 0) is 38.8 Å². The van der Waals surface area contributed by atoms with Crippen molar-refractivity contribution in [1.29, 1.82) is 0 Å².